The van der Waals surface area contributed by atoms with Crippen molar-refractivity contribution < 1.29 is 4.79 Å². The number of nitrogens with two attached hydrogens (primary N) is 1. The lowest BCUT2D eigenvalue weighted by atomic mass is 10.1. The number of nitrogens with one attached hydrogen (secondary N) is 1. The van der Waals surface area contributed by atoms with Gasteiger partial charge in [0.25, 0.3) is 5.91 Å². The molecular weight excluding hydrogens is 404 g/mol. The largest absolute Gasteiger partial charge is 0.382 e. The van der Waals surface area contributed by atoms with Crippen molar-refractivity contribution in [3.63, 3.8) is 0 Å². The lowest BCUT2D eigenvalue weighted by Gasteiger charge is -2.14. The Morgan fingerprint density at radius 2 is 1.45 bits per heavy atom. The van der Waals surface area contributed by atoms with Crippen molar-refractivity contribution in [2.24, 2.45) is 0 Å². The lowest BCUT2D eigenvalue weighted by Crippen LogP contribution is -2.15. The van der Waals surface area contributed by atoms with E-state index in [1.54, 1.807) is 12.1 Å². The highest BCUT2D eigenvalue weighted by atomic mass is 32.2. The van der Waals surface area contributed by atoms with Gasteiger partial charge in [0.1, 0.15) is 10.7 Å². The number of hydrogen-bond donors (Lipinski definition) is 2. The van der Waals surface area contributed by atoms with Crippen LogP contribution in [0, 0.1) is 13.8 Å². The van der Waals surface area contributed by atoms with E-state index in [9.17, 15) is 4.79 Å². The van der Waals surface area contributed by atoms with Gasteiger partial charge in [-0.25, -0.2) is 9.97 Å². The Labute approximate surface area is 185 Å². The first-order valence-electron chi connectivity index (χ1n) is 9.85. The summed E-state index contributed by atoms with van der Waals surface area (Å²) in [6, 6.07) is 25.1. The molecule has 4 aromatic rings. The Balaban J connectivity index is 1.74. The minimum atomic E-state index is -0.256. The number of aromatic nitrogens is 2. The molecule has 0 spiro atoms. The van der Waals surface area contributed by atoms with Gasteiger partial charge in [0, 0.05) is 16.0 Å². The van der Waals surface area contributed by atoms with Crippen LogP contribution >= 0.6 is 11.8 Å². The van der Waals surface area contributed by atoms with Gasteiger partial charge in [0.2, 0.25) is 0 Å². The highest BCUT2D eigenvalue weighted by Crippen LogP contribution is 2.36. The van der Waals surface area contributed by atoms with Gasteiger partial charge in [0.15, 0.2) is 11.6 Å². The Bertz CT molecular complexity index is 1210. The fraction of sp³-hybridized carbons (Fsp3) is 0.0800. The Hall–Kier alpha value is -3.64. The molecule has 1 heterocycles. The molecular formula is C25H22N4OS. The molecule has 0 aliphatic heterocycles. The second kappa shape index (κ2) is 9.02. The smallest absolute Gasteiger partial charge is 0.255 e. The van der Waals surface area contributed by atoms with Gasteiger partial charge in [-0.15, -0.1) is 0 Å². The normalized spacial score (nSPS) is 10.6. The fourth-order valence-electron chi connectivity index (χ4n) is 2.97. The predicted octanol–water partition coefficient (Wildman–Crippen LogP) is 5.75. The van der Waals surface area contributed by atoms with Crippen LogP contribution in [0.3, 0.4) is 0 Å². The average Bonchev–Trinajstić information content (AvgIpc) is 2.78. The molecule has 0 bridgehead atoms. The quantitative estimate of drug-likeness (QED) is 0.397. The third kappa shape index (κ3) is 4.92. The first-order chi connectivity index (χ1) is 15.0. The van der Waals surface area contributed by atoms with Crippen molar-refractivity contribution in [1.29, 1.82) is 0 Å². The Morgan fingerprint density at radius 3 is 2.10 bits per heavy atom. The monoisotopic (exact) mass is 426 g/mol. The van der Waals surface area contributed by atoms with Crippen LogP contribution in [0.1, 0.15) is 21.5 Å². The summed E-state index contributed by atoms with van der Waals surface area (Å²) in [6.07, 6.45) is 0. The van der Waals surface area contributed by atoms with E-state index in [0.29, 0.717) is 22.1 Å². The van der Waals surface area contributed by atoms with Crippen LogP contribution in [0.4, 0.5) is 11.5 Å². The van der Waals surface area contributed by atoms with Gasteiger partial charge in [-0.1, -0.05) is 77.5 Å². The molecule has 0 radical (unpaired) electrons. The number of hydrogen-bond acceptors (Lipinski definition) is 5. The first-order valence-corrected chi connectivity index (χ1v) is 10.7. The first kappa shape index (κ1) is 20.6. The summed E-state index contributed by atoms with van der Waals surface area (Å²) in [7, 11) is 0. The van der Waals surface area contributed by atoms with E-state index in [2.05, 4.69) is 10.3 Å². The molecule has 1 amide bonds. The van der Waals surface area contributed by atoms with Crippen LogP contribution in [0.2, 0.25) is 0 Å². The SMILES string of the molecule is Cc1ccc(Sc2nc(-c3ccccc3)nc(N)c2NC(=O)c2ccc(C)cc2)cc1. The molecule has 3 N–H and O–H groups in total. The van der Waals surface area contributed by atoms with E-state index in [1.165, 1.54) is 17.3 Å². The summed E-state index contributed by atoms with van der Waals surface area (Å²) >= 11 is 1.44. The average molecular weight is 427 g/mol. The van der Waals surface area contributed by atoms with Gasteiger partial charge >= 0.3 is 0 Å². The summed E-state index contributed by atoms with van der Waals surface area (Å²) < 4.78 is 0. The molecule has 6 heteroatoms. The van der Waals surface area contributed by atoms with Gasteiger partial charge in [-0.2, -0.15) is 0 Å². The van der Waals surface area contributed by atoms with E-state index < -0.39 is 0 Å². The summed E-state index contributed by atoms with van der Waals surface area (Å²) in [5, 5.41) is 3.51. The van der Waals surface area contributed by atoms with E-state index in [0.717, 1.165) is 16.0 Å². The van der Waals surface area contributed by atoms with Crippen molar-refractivity contribution >= 4 is 29.2 Å². The van der Waals surface area contributed by atoms with Crippen LogP contribution in [0.15, 0.2) is 88.8 Å². The maximum Gasteiger partial charge on any atom is 0.255 e. The maximum absolute atomic E-state index is 12.9. The third-order valence-electron chi connectivity index (χ3n) is 4.72. The van der Waals surface area contributed by atoms with Crippen molar-refractivity contribution in [3.05, 3.63) is 95.6 Å². The number of aryl methyl sites for hydroxylation is 2. The van der Waals surface area contributed by atoms with E-state index >= 15 is 0 Å². The number of amides is 1. The minimum Gasteiger partial charge on any atom is -0.382 e. The zero-order chi connectivity index (χ0) is 21.8. The topological polar surface area (TPSA) is 80.9 Å². The molecule has 3 aromatic carbocycles. The van der Waals surface area contributed by atoms with Crippen LogP contribution in [-0.2, 0) is 0 Å². The van der Waals surface area contributed by atoms with Crippen LogP contribution in [0.25, 0.3) is 11.4 Å². The fourth-order valence-corrected chi connectivity index (χ4v) is 3.86. The molecule has 4 rings (SSSR count). The summed E-state index contributed by atoms with van der Waals surface area (Å²) in [4.78, 5) is 23.0. The standard InChI is InChI=1S/C25H22N4OS/c1-16-8-12-19(13-9-16)24(30)27-21-22(26)28-23(18-6-4-3-5-7-18)29-25(21)31-20-14-10-17(2)11-15-20/h3-15H,1-2H3,(H,27,30)(H2,26,28,29). The minimum absolute atomic E-state index is 0.226. The van der Waals surface area contributed by atoms with Crippen LogP contribution in [-0.4, -0.2) is 15.9 Å². The molecule has 31 heavy (non-hydrogen) atoms. The second-order valence-electron chi connectivity index (χ2n) is 7.21. The summed E-state index contributed by atoms with van der Waals surface area (Å²) in [5.74, 6) is 0.485. The van der Waals surface area contributed by atoms with Crippen molar-refractivity contribution in [2.75, 3.05) is 11.1 Å². The highest BCUT2D eigenvalue weighted by Gasteiger charge is 2.18. The van der Waals surface area contributed by atoms with E-state index in [4.69, 9.17) is 10.7 Å². The van der Waals surface area contributed by atoms with Gasteiger partial charge in [-0.05, 0) is 38.1 Å². The zero-order valence-corrected chi connectivity index (χ0v) is 18.1. The van der Waals surface area contributed by atoms with Crippen molar-refractivity contribution in [1.82, 2.24) is 9.97 Å². The van der Waals surface area contributed by atoms with Crippen LogP contribution in [0.5, 0.6) is 0 Å². The lowest BCUT2D eigenvalue weighted by molar-refractivity contribution is 0.102. The molecule has 0 saturated heterocycles. The molecule has 0 fully saturated rings. The van der Waals surface area contributed by atoms with Crippen molar-refractivity contribution in [2.45, 2.75) is 23.8 Å². The Kier molecular flexibility index (Phi) is 6.00. The van der Waals surface area contributed by atoms with Gasteiger partial charge < -0.3 is 11.1 Å². The highest BCUT2D eigenvalue weighted by molar-refractivity contribution is 7.99. The molecule has 0 aliphatic rings. The number of carbonyl (C=O) groups is 1. The molecule has 0 unspecified atom stereocenters. The van der Waals surface area contributed by atoms with E-state index in [1.807, 2.05) is 80.6 Å². The third-order valence-corrected chi connectivity index (χ3v) is 5.72. The molecule has 5 nitrogen and oxygen atoms in total. The number of benzene rings is 3. The van der Waals surface area contributed by atoms with Crippen LogP contribution < -0.4 is 11.1 Å². The van der Waals surface area contributed by atoms with Gasteiger partial charge in [0.05, 0.1) is 0 Å². The van der Waals surface area contributed by atoms with Gasteiger partial charge in [-0.3, -0.25) is 4.79 Å². The Morgan fingerprint density at radius 1 is 0.839 bits per heavy atom. The van der Waals surface area contributed by atoms with E-state index in [-0.39, 0.29) is 11.7 Å². The number of rotatable bonds is 5. The maximum atomic E-state index is 12.9. The number of nitrogen functional groups attached to an aromatic ring is 1. The molecule has 1 aromatic heterocycles. The molecule has 0 atom stereocenters. The predicted molar refractivity (Wildman–Crippen MR) is 126 cm³/mol. The number of carbonyl (C=O) groups excluding carboxylic acids is 1. The molecule has 0 saturated carbocycles. The summed E-state index contributed by atoms with van der Waals surface area (Å²) in [6.45, 7) is 4.02. The van der Waals surface area contributed by atoms with Crippen molar-refractivity contribution in [3.8, 4) is 11.4 Å². The number of anilines is 2. The molecule has 154 valence electrons. The summed E-state index contributed by atoms with van der Waals surface area (Å²) in [5.41, 5.74) is 10.4. The molecule has 0 aliphatic carbocycles. The second-order valence-corrected chi connectivity index (χ2v) is 8.28. The number of nitrogens with zero attached hydrogens (tertiary/aromatic N) is 2. The zero-order valence-electron chi connectivity index (χ0n) is 17.3.